The van der Waals surface area contributed by atoms with E-state index in [0.29, 0.717) is 0 Å². The molecule has 0 aliphatic heterocycles. The molecule has 0 aromatic rings. The lowest BCUT2D eigenvalue weighted by Gasteiger charge is -2.23. The van der Waals surface area contributed by atoms with E-state index in [-0.39, 0.29) is 0 Å². The first kappa shape index (κ1) is 25.0. The van der Waals surface area contributed by atoms with Gasteiger partial charge in [-0.1, -0.05) is 143 Å². The van der Waals surface area contributed by atoms with Crippen molar-refractivity contribution in [1.82, 2.24) is 0 Å². The van der Waals surface area contributed by atoms with Crippen LogP contribution in [0, 0.1) is 18.3 Å². The minimum absolute atomic E-state index is 0.883. The number of unbranched alkanes of at least 4 members (excludes halogenated alkanes) is 11. The second kappa shape index (κ2) is 20.3. The van der Waals surface area contributed by atoms with E-state index in [0.717, 1.165) is 11.8 Å². The van der Waals surface area contributed by atoms with Gasteiger partial charge in [-0.2, -0.15) is 0 Å². The van der Waals surface area contributed by atoms with Gasteiger partial charge in [-0.15, -0.1) is 0 Å². The molecule has 0 aromatic heterocycles. The predicted octanol–water partition coefficient (Wildman–Crippen LogP) is 9.52. The molecule has 151 valence electrons. The molecule has 0 spiro atoms. The van der Waals surface area contributed by atoms with Gasteiger partial charge < -0.3 is 0 Å². The monoisotopic (exact) mass is 351 g/mol. The normalized spacial score (nSPS) is 13.9. The van der Waals surface area contributed by atoms with Crippen molar-refractivity contribution in [2.75, 3.05) is 0 Å². The number of rotatable bonds is 20. The highest BCUT2D eigenvalue weighted by atomic mass is 14.2. The maximum Gasteiger partial charge on any atom is -0.0324 e. The van der Waals surface area contributed by atoms with Crippen molar-refractivity contribution < 1.29 is 0 Å². The minimum Gasteiger partial charge on any atom is -0.0654 e. The van der Waals surface area contributed by atoms with Crippen molar-refractivity contribution in [1.29, 1.82) is 0 Å². The van der Waals surface area contributed by atoms with Gasteiger partial charge in [0, 0.05) is 0 Å². The average Bonchev–Trinajstić information content (AvgIpc) is 2.63. The van der Waals surface area contributed by atoms with Gasteiger partial charge in [0.1, 0.15) is 0 Å². The van der Waals surface area contributed by atoms with Gasteiger partial charge in [-0.25, -0.2) is 0 Å². The molecule has 2 atom stereocenters. The van der Waals surface area contributed by atoms with Crippen molar-refractivity contribution in [3.8, 4) is 0 Å². The Morgan fingerprint density at radius 3 is 1.32 bits per heavy atom. The molecule has 0 aromatic carbocycles. The van der Waals surface area contributed by atoms with Gasteiger partial charge >= 0.3 is 0 Å². The Labute approximate surface area is 161 Å². The first-order valence-corrected chi connectivity index (χ1v) is 12.1. The Bertz CT molecular complexity index is 232. The summed E-state index contributed by atoms with van der Waals surface area (Å²) in [6, 6.07) is 0. The highest BCUT2D eigenvalue weighted by Gasteiger charge is 2.15. The Morgan fingerprint density at radius 1 is 0.440 bits per heavy atom. The smallest absolute Gasteiger partial charge is 0.0324 e. The molecule has 0 heteroatoms. The lowest BCUT2D eigenvalue weighted by Crippen LogP contribution is -2.10. The Kier molecular flexibility index (Phi) is 20.3. The van der Waals surface area contributed by atoms with Crippen LogP contribution in [0.3, 0.4) is 0 Å². The Morgan fingerprint density at radius 2 is 0.840 bits per heavy atom. The summed E-state index contributed by atoms with van der Waals surface area (Å²) < 4.78 is 0. The molecular formula is C25H51. The van der Waals surface area contributed by atoms with Crippen molar-refractivity contribution in [2.24, 2.45) is 11.8 Å². The van der Waals surface area contributed by atoms with Gasteiger partial charge in [0.2, 0.25) is 0 Å². The first-order valence-electron chi connectivity index (χ1n) is 12.1. The summed E-state index contributed by atoms with van der Waals surface area (Å²) in [7, 11) is 0. The molecule has 0 amide bonds. The minimum atomic E-state index is 0.883. The van der Waals surface area contributed by atoms with Crippen LogP contribution in [0.15, 0.2) is 0 Å². The van der Waals surface area contributed by atoms with Crippen molar-refractivity contribution in [3.05, 3.63) is 6.42 Å². The van der Waals surface area contributed by atoms with Gasteiger partial charge in [-0.3, -0.25) is 0 Å². The topological polar surface area (TPSA) is 0 Å². The van der Waals surface area contributed by atoms with Crippen LogP contribution in [0.5, 0.6) is 0 Å². The maximum absolute atomic E-state index is 2.79. The van der Waals surface area contributed by atoms with Crippen molar-refractivity contribution >= 4 is 0 Å². The molecule has 0 saturated carbocycles. The zero-order valence-corrected chi connectivity index (χ0v) is 18.5. The second-order valence-electron chi connectivity index (χ2n) is 8.38. The second-order valence-corrected chi connectivity index (χ2v) is 8.38. The van der Waals surface area contributed by atoms with E-state index < -0.39 is 0 Å². The molecular weight excluding hydrogens is 300 g/mol. The molecule has 0 aliphatic rings. The summed E-state index contributed by atoms with van der Waals surface area (Å²) >= 11 is 0. The van der Waals surface area contributed by atoms with E-state index in [9.17, 15) is 0 Å². The zero-order chi connectivity index (χ0) is 18.6. The van der Waals surface area contributed by atoms with Crippen molar-refractivity contribution in [2.45, 2.75) is 143 Å². The summed E-state index contributed by atoms with van der Waals surface area (Å²) in [5.74, 6) is 1.78. The molecule has 0 saturated heterocycles. The quantitative estimate of drug-likeness (QED) is 0.191. The van der Waals surface area contributed by atoms with Crippen LogP contribution >= 0.6 is 0 Å². The van der Waals surface area contributed by atoms with Crippen molar-refractivity contribution in [3.63, 3.8) is 0 Å². The van der Waals surface area contributed by atoms with Crippen LogP contribution in [-0.2, 0) is 0 Å². The summed E-state index contributed by atoms with van der Waals surface area (Å²) in [5.41, 5.74) is 0. The predicted molar refractivity (Wildman–Crippen MR) is 117 cm³/mol. The van der Waals surface area contributed by atoms with Gasteiger partial charge in [0.25, 0.3) is 0 Å². The summed E-state index contributed by atoms with van der Waals surface area (Å²) in [6.45, 7) is 9.36. The molecule has 2 unspecified atom stereocenters. The standard InChI is InChI=1S/C25H51/c1-5-9-12-14-16-18-21-24(8-4)23-25(20-11-7-3)22-19-17-15-13-10-6-2/h23-25H,5-22H2,1-4H3. The molecule has 0 bridgehead atoms. The zero-order valence-electron chi connectivity index (χ0n) is 18.5. The molecule has 0 N–H and O–H groups in total. The fourth-order valence-electron chi connectivity index (χ4n) is 4.00. The van der Waals surface area contributed by atoms with E-state index >= 15 is 0 Å². The van der Waals surface area contributed by atoms with E-state index in [1.165, 1.54) is 116 Å². The molecule has 25 heavy (non-hydrogen) atoms. The fraction of sp³-hybridized carbons (Fsp3) is 0.960. The van der Waals surface area contributed by atoms with Crippen LogP contribution in [0.4, 0.5) is 0 Å². The Balaban J connectivity index is 3.95. The van der Waals surface area contributed by atoms with E-state index in [4.69, 9.17) is 0 Å². The molecule has 0 aliphatic carbocycles. The third kappa shape index (κ3) is 17.2. The van der Waals surface area contributed by atoms with Crippen LogP contribution < -0.4 is 0 Å². The van der Waals surface area contributed by atoms with Crippen LogP contribution in [0.25, 0.3) is 0 Å². The summed E-state index contributed by atoms with van der Waals surface area (Å²) in [6.07, 6.45) is 28.5. The van der Waals surface area contributed by atoms with E-state index in [1.807, 2.05) is 0 Å². The molecule has 0 nitrogen and oxygen atoms in total. The third-order valence-electron chi connectivity index (χ3n) is 5.85. The molecule has 1 radical (unpaired) electrons. The number of hydrogen-bond donors (Lipinski definition) is 0. The lowest BCUT2D eigenvalue weighted by atomic mass is 9.83. The highest BCUT2D eigenvalue weighted by Crippen LogP contribution is 2.28. The largest absolute Gasteiger partial charge is 0.0654 e. The van der Waals surface area contributed by atoms with Crippen LogP contribution in [-0.4, -0.2) is 0 Å². The van der Waals surface area contributed by atoms with E-state index in [1.54, 1.807) is 0 Å². The third-order valence-corrected chi connectivity index (χ3v) is 5.85. The number of hydrogen-bond acceptors (Lipinski definition) is 0. The SMILES string of the molecule is CCCCCCCCC([CH]C(CCCC)CCCCCCCC)CC. The Hall–Kier alpha value is 0. The summed E-state index contributed by atoms with van der Waals surface area (Å²) in [4.78, 5) is 0. The first-order chi connectivity index (χ1) is 12.3. The fourth-order valence-corrected chi connectivity index (χ4v) is 4.00. The van der Waals surface area contributed by atoms with Crippen LogP contribution in [0.2, 0.25) is 0 Å². The molecule has 0 fully saturated rings. The van der Waals surface area contributed by atoms with Gasteiger partial charge in [-0.05, 0) is 18.3 Å². The lowest BCUT2D eigenvalue weighted by molar-refractivity contribution is 0.383. The summed E-state index contributed by atoms with van der Waals surface area (Å²) in [5, 5.41) is 0. The van der Waals surface area contributed by atoms with Crippen LogP contribution in [0.1, 0.15) is 143 Å². The van der Waals surface area contributed by atoms with Gasteiger partial charge in [0.05, 0.1) is 0 Å². The average molecular weight is 352 g/mol. The molecule has 0 heterocycles. The highest BCUT2D eigenvalue weighted by molar-refractivity contribution is 4.83. The molecule has 0 rings (SSSR count). The van der Waals surface area contributed by atoms with Gasteiger partial charge in [0.15, 0.2) is 0 Å². The van der Waals surface area contributed by atoms with E-state index in [2.05, 4.69) is 34.1 Å². The maximum atomic E-state index is 2.79.